The highest BCUT2D eigenvalue weighted by Crippen LogP contribution is 2.56. The molecular weight excluding hydrogens is 579 g/mol. The number of benzene rings is 3. The second kappa shape index (κ2) is 14.5. The van der Waals surface area contributed by atoms with Crippen LogP contribution in [0.1, 0.15) is 37.5 Å². The number of alkyl carbamates (subject to hydrolysis) is 1. The average molecular weight is 628 g/mol. The van der Waals surface area contributed by atoms with Crippen molar-refractivity contribution in [1.29, 1.82) is 0 Å². The van der Waals surface area contributed by atoms with E-state index in [0.29, 0.717) is 33.0 Å². The minimum Gasteiger partial charge on any atom is -0.445 e. The van der Waals surface area contributed by atoms with Crippen molar-refractivity contribution in [2.45, 2.75) is 64.3 Å². The lowest BCUT2D eigenvalue weighted by molar-refractivity contribution is 0.0176. The summed E-state index contributed by atoms with van der Waals surface area (Å²) >= 11 is 0. The van der Waals surface area contributed by atoms with Crippen LogP contribution in [0.15, 0.2) is 103 Å². The van der Waals surface area contributed by atoms with Crippen molar-refractivity contribution in [2.75, 3.05) is 19.8 Å². The highest BCUT2D eigenvalue weighted by molar-refractivity contribution is 6.74. The van der Waals surface area contributed by atoms with Gasteiger partial charge in [0.25, 0.3) is 0 Å². The molecule has 7 heteroatoms. The molecular formula is C38H49NO5Si. The molecule has 1 amide bonds. The molecule has 5 rings (SSSR count). The summed E-state index contributed by atoms with van der Waals surface area (Å²) in [4.78, 5) is 13.6. The van der Waals surface area contributed by atoms with Gasteiger partial charge in [-0.1, -0.05) is 124 Å². The molecule has 1 unspecified atom stereocenters. The number of hydrogen-bond acceptors (Lipinski definition) is 5. The molecule has 3 aromatic rings. The van der Waals surface area contributed by atoms with E-state index < -0.39 is 19.9 Å². The van der Waals surface area contributed by atoms with Crippen molar-refractivity contribution in [1.82, 2.24) is 5.32 Å². The van der Waals surface area contributed by atoms with Crippen LogP contribution < -0.4 is 5.32 Å². The van der Waals surface area contributed by atoms with E-state index in [0.717, 1.165) is 16.7 Å². The molecule has 6 nitrogen and oxygen atoms in total. The normalized spacial score (nSPS) is 24.1. The molecule has 2 aliphatic rings. The first-order valence-corrected chi connectivity index (χ1v) is 19.0. The minimum absolute atomic E-state index is 0.0117. The first-order chi connectivity index (χ1) is 21.6. The number of ether oxygens (including phenoxy) is 3. The minimum atomic E-state index is -2.14. The van der Waals surface area contributed by atoms with Gasteiger partial charge >= 0.3 is 6.09 Å². The van der Waals surface area contributed by atoms with Gasteiger partial charge in [-0.3, -0.25) is 0 Å². The predicted molar refractivity (Wildman–Crippen MR) is 181 cm³/mol. The molecule has 1 saturated carbocycles. The van der Waals surface area contributed by atoms with E-state index in [1.165, 1.54) is 0 Å². The second-order valence-electron chi connectivity index (χ2n) is 14.0. The highest BCUT2D eigenvalue weighted by Gasteiger charge is 2.63. The van der Waals surface area contributed by atoms with E-state index in [1.54, 1.807) is 0 Å². The van der Waals surface area contributed by atoms with Gasteiger partial charge in [0.2, 0.25) is 0 Å². The zero-order chi connectivity index (χ0) is 31.9. The maximum absolute atomic E-state index is 13.6. The second-order valence-corrected chi connectivity index (χ2v) is 18.9. The molecule has 5 atom stereocenters. The number of nitrogens with one attached hydrogen (secondary N) is 1. The maximum Gasteiger partial charge on any atom is 0.408 e. The van der Waals surface area contributed by atoms with Gasteiger partial charge < -0.3 is 24.0 Å². The summed E-state index contributed by atoms with van der Waals surface area (Å²) in [6.07, 6.45) is 4.11. The van der Waals surface area contributed by atoms with Gasteiger partial charge in [-0.05, 0) is 46.7 Å². The highest BCUT2D eigenvalue weighted by atomic mass is 28.4. The summed E-state index contributed by atoms with van der Waals surface area (Å²) < 4.78 is 25.5. The fraction of sp³-hybridized carbons (Fsp3) is 0.447. The van der Waals surface area contributed by atoms with E-state index in [9.17, 15) is 4.79 Å². The lowest BCUT2D eigenvalue weighted by Crippen LogP contribution is -2.59. The molecule has 2 bridgehead atoms. The molecule has 0 aromatic heterocycles. The van der Waals surface area contributed by atoms with Crippen LogP contribution in [-0.2, 0) is 38.5 Å². The first kappa shape index (κ1) is 33.1. The van der Waals surface area contributed by atoms with Gasteiger partial charge in [-0.25, -0.2) is 4.79 Å². The SMILES string of the molecule is CC(C)(C)[Si](C)(C)OCC1(NC(=O)OCc2ccccc2)[C@@H]2C=C[C@H]1[C@H](COCc1ccccc1)[C@H]2COCc1ccccc1. The largest absolute Gasteiger partial charge is 0.445 e. The van der Waals surface area contributed by atoms with Gasteiger partial charge in [0.15, 0.2) is 8.32 Å². The Balaban J connectivity index is 1.38. The number of fused-ring (bicyclic) bond motifs is 2. The zero-order valence-corrected chi connectivity index (χ0v) is 28.4. The van der Waals surface area contributed by atoms with Crippen LogP contribution in [0.25, 0.3) is 0 Å². The van der Waals surface area contributed by atoms with Crippen LogP contribution in [-0.4, -0.2) is 39.8 Å². The molecule has 1 fully saturated rings. The molecule has 2 aliphatic carbocycles. The predicted octanol–water partition coefficient (Wildman–Crippen LogP) is 8.16. The Morgan fingerprint density at radius 3 is 1.56 bits per heavy atom. The van der Waals surface area contributed by atoms with Crippen LogP contribution in [0.5, 0.6) is 0 Å². The summed E-state index contributed by atoms with van der Waals surface area (Å²) in [5.74, 6) is 0.295. The number of carbonyl (C=O) groups excluding carboxylic acids is 1. The third-order valence-electron chi connectivity index (χ3n) is 10.1. The number of amides is 1. The van der Waals surface area contributed by atoms with Gasteiger partial charge in [-0.2, -0.15) is 0 Å². The summed E-state index contributed by atoms with van der Waals surface area (Å²) in [6, 6.07) is 30.3. The fourth-order valence-electron chi connectivity index (χ4n) is 6.48. The fourth-order valence-corrected chi connectivity index (χ4v) is 7.51. The molecule has 240 valence electrons. The Labute approximate surface area is 270 Å². The van der Waals surface area contributed by atoms with Crippen molar-refractivity contribution < 1.29 is 23.4 Å². The topological polar surface area (TPSA) is 66.0 Å². The molecule has 0 heterocycles. The maximum atomic E-state index is 13.6. The Morgan fingerprint density at radius 2 is 1.13 bits per heavy atom. The van der Waals surface area contributed by atoms with Gasteiger partial charge in [0.05, 0.1) is 38.6 Å². The van der Waals surface area contributed by atoms with Crippen molar-refractivity contribution in [3.8, 4) is 0 Å². The van der Waals surface area contributed by atoms with E-state index in [4.69, 9.17) is 18.6 Å². The lowest BCUT2D eigenvalue weighted by Gasteiger charge is -2.42. The molecule has 1 N–H and O–H groups in total. The van der Waals surface area contributed by atoms with E-state index in [1.807, 2.05) is 66.7 Å². The molecule has 0 radical (unpaired) electrons. The van der Waals surface area contributed by atoms with Crippen LogP contribution in [0.3, 0.4) is 0 Å². The summed E-state index contributed by atoms with van der Waals surface area (Å²) in [7, 11) is -2.14. The standard InChI is InChI=1S/C38H49NO5Si/c1-37(2,3)45(4,5)44-28-38(39-36(40)43-25-31-19-13-8-14-20-31)34-21-22-35(38)33(27-42-24-30-17-11-7-12-18-30)32(34)26-41-23-29-15-9-6-10-16-29/h6-22,32-35H,23-28H2,1-5H3,(H,39,40)/t32-,33-,34-,35+,38?/m1/s1. The Kier molecular flexibility index (Phi) is 10.7. The van der Waals surface area contributed by atoms with Crippen LogP contribution in [0.4, 0.5) is 4.79 Å². The Morgan fingerprint density at radius 1 is 0.711 bits per heavy atom. The number of carbonyl (C=O) groups is 1. The lowest BCUT2D eigenvalue weighted by atomic mass is 9.84. The van der Waals surface area contributed by atoms with Gasteiger partial charge in [0.1, 0.15) is 6.61 Å². The van der Waals surface area contributed by atoms with Gasteiger partial charge in [0, 0.05) is 11.8 Å². The molecule has 0 saturated heterocycles. The van der Waals surface area contributed by atoms with Crippen molar-refractivity contribution in [3.63, 3.8) is 0 Å². The van der Waals surface area contributed by atoms with Crippen LogP contribution in [0.2, 0.25) is 18.1 Å². The average Bonchev–Trinajstić information content (AvgIpc) is 3.49. The number of hydrogen-bond donors (Lipinski definition) is 1. The number of rotatable bonds is 14. The molecule has 45 heavy (non-hydrogen) atoms. The Bertz CT molecular complexity index is 1330. The monoisotopic (exact) mass is 627 g/mol. The van der Waals surface area contributed by atoms with Crippen LogP contribution in [0, 0.1) is 23.7 Å². The zero-order valence-electron chi connectivity index (χ0n) is 27.4. The van der Waals surface area contributed by atoms with E-state index >= 15 is 0 Å². The van der Waals surface area contributed by atoms with Crippen molar-refractivity contribution in [3.05, 3.63) is 120 Å². The quantitative estimate of drug-likeness (QED) is 0.144. The van der Waals surface area contributed by atoms with E-state index in [-0.39, 0.29) is 35.3 Å². The summed E-state index contributed by atoms with van der Waals surface area (Å²) in [5.41, 5.74) is 2.57. The molecule has 3 aromatic carbocycles. The summed E-state index contributed by atoms with van der Waals surface area (Å²) in [5, 5.41) is 3.42. The third kappa shape index (κ3) is 7.95. The smallest absolute Gasteiger partial charge is 0.408 e. The van der Waals surface area contributed by atoms with E-state index in [2.05, 4.69) is 75.6 Å². The van der Waals surface area contributed by atoms with Crippen molar-refractivity contribution in [2.24, 2.45) is 23.7 Å². The Hall–Kier alpha value is -3.23. The van der Waals surface area contributed by atoms with Crippen LogP contribution >= 0.6 is 0 Å². The first-order valence-electron chi connectivity index (χ1n) is 16.1. The third-order valence-corrected chi connectivity index (χ3v) is 14.5. The summed E-state index contributed by atoms with van der Waals surface area (Å²) in [6.45, 7) is 14.1. The molecule has 0 spiro atoms. The van der Waals surface area contributed by atoms with Gasteiger partial charge in [-0.15, -0.1) is 0 Å². The molecule has 0 aliphatic heterocycles. The van der Waals surface area contributed by atoms with Crippen molar-refractivity contribution >= 4 is 14.4 Å².